The van der Waals surface area contributed by atoms with E-state index in [2.05, 4.69) is 0 Å². The molecule has 0 heterocycles. The van der Waals surface area contributed by atoms with Crippen LogP contribution in [0.2, 0.25) is 0 Å². The number of rotatable bonds is 4. The first-order valence-electron chi connectivity index (χ1n) is 8.81. The van der Waals surface area contributed by atoms with Gasteiger partial charge in [-0.25, -0.2) is 0 Å². The van der Waals surface area contributed by atoms with Gasteiger partial charge in [-0.2, -0.15) is 0 Å². The molecule has 0 saturated carbocycles. The van der Waals surface area contributed by atoms with Gasteiger partial charge in [-0.1, -0.05) is 91.0 Å². The maximum atomic E-state index is 13.1. The van der Waals surface area contributed by atoms with Crippen molar-refractivity contribution in [3.05, 3.63) is 131 Å². The lowest BCUT2D eigenvalue weighted by Crippen LogP contribution is -2.05. The van der Waals surface area contributed by atoms with E-state index >= 15 is 0 Å². The van der Waals surface area contributed by atoms with E-state index in [1.165, 1.54) is 0 Å². The number of aliphatic hydroxyl groups is 1. The Bertz CT molecular complexity index is 1060. The molecule has 130 valence electrons. The van der Waals surface area contributed by atoms with Crippen LogP contribution < -0.4 is 0 Å². The minimum atomic E-state index is -0.102. The molecule has 3 aromatic rings. The molecular formula is C25H18O2. The van der Waals surface area contributed by atoms with Crippen LogP contribution >= 0.6 is 0 Å². The van der Waals surface area contributed by atoms with Gasteiger partial charge in [-0.05, 0) is 23.3 Å². The minimum Gasteiger partial charge on any atom is -0.507 e. The van der Waals surface area contributed by atoms with Crippen LogP contribution in [0.5, 0.6) is 0 Å². The number of benzene rings is 3. The fourth-order valence-corrected chi connectivity index (χ4v) is 3.19. The number of hydrogen-bond donors (Lipinski definition) is 1. The molecule has 27 heavy (non-hydrogen) atoms. The van der Waals surface area contributed by atoms with E-state index in [4.69, 9.17) is 0 Å². The first-order valence-corrected chi connectivity index (χ1v) is 8.81. The Hall–Kier alpha value is -3.65. The Balaban J connectivity index is 1.85. The zero-order valence-corrected chi connectivity index (χ0v) is 14.7. The van der Waals surface area contributed by atoms with Gasteiger partial charge in [0.05, 0.1) is 0 Å². The molecule has 0 saturated heterocycles. The second-order valence-corrected chi connectivity index (χ2v) is 6.35. The van der Waals surface area contributed by atoms with E-state index < -0.39 is 0 Å². The molecule has 3 aromatic carbocycles. The van der Waals surface area contributed by atoms with Gasteiger partial charge in [0.25, 0.3) is 0 Å². The van der Waals surface area contributed by atoms with Crippen molar-refractivity contribution in [3.8, 4) is 0 Å². The average molecular weight is 350 g/mol. The summed E-state index contributed by atoms with van der Waals surface area (Å²) in [6.45, 7) is 0. The molecule has 0 aromatic heterocycles. The van der Waals surface area contributed by atoms with Crippen molar-refractivity contribution in [2.24, 2.45) is 0 Å². The highest BCUT2D eigenvalue weighted by Crippen LogP contribution is 2.35. The van der Waals surface area contributed by atoms with Crippen LogP contribution in [-0.2, 0) is 0 Å². The Morgan fingerprint density at radius 1 is 0.630 bits per heavy atom. The molecule has 1 N–H and O–H groups in total. The molecular weight excluding hydrogens is 332 g/mol. The summed E-state index contributed by atoms with van der Waals surface area (Å²) in [4.78, 5) is 13.1. The molecule has 0 unspecified atom stereocenters. The number of ketones is 1. The molecule has 2 heteroatoms. The molecule has 0 amide bonds. The second-order valence-electron chi connectivity index (χ2n) is 6.35. The van der Waals surface area contributed by atoms with Gasteiger partial charge < -0.3 is 5.11 Å². The van der Waals surface area contributed by atoms with E-state index in [9.17, 15) is 9.90 Å². The van der Waals surface area contributed by atoms with E-state index in [1.807, 2.05) is 91.0 Å². The largest absolute Gasteiger partial charge is 0.507 e. The van der Waals surface area contributed by atoms with Gasteiger partial charge in [0.15, 0.2) is 5.78 Å². The third-order valence-corrected chi connectivity index (χ3v) is 4.58. The lowest BCUT2D eigenvalue weighted by atomic mass is 9.96. The zero-order valence-electron chi connectivity index (χ0n) is 14.7. The van der Waals surface area contributed by atoms with E-state index in [-0.39, 0.29) is 11.5 Å². The van der Waals surface area contributed by atoms with Crippen LogP contribution in [0.1, 0.15) is 21.5 Å². The normalized spacial score (nSPS) is 15.1. The van der Waals surface area contributed by atoms with Crippen LogP contribution in [0.15, 0.2) is 114 Å². The summed E-state index contributed by atoms with van der Waals surface area (Å²) in [6.07, 6.45) is 3.74. The lowest BCUT2D eigenvalue weighted by molar-refractivity contribution is 0.103. The van der Waals surface area contributed by atoms with Crippen molar-refractivity contribution < 1.29 is 9.90 Å². The average Bonchev–Trinajstić information content (AvgIpc) is 3.20. The first kappa shape index (κ1) is 16.8. The highest BCUT2D eigenvalue weighted by atomic mass is 16.3. The molecule has 0 spiro atoms. The van der Waals surface area contributed by atoms with Gasteiger partial charge >= 0.3 is 0 Å². The summed E-state index contributed by atoms with van der Waals surface area (Å²) < 4.78 is 0. The van der Waals surface area contributed by atoms with E-state index in [0.717, 1.165) is 11.1 Å². The van der Waals surface area contributed by atoms with Crippen molar-refractivity contribution in [3.63, 3.8) is 0 Å². The fourth-order valence-electron chi connectivity index (χ4n) is 3.19. The molecule has 0 aliphatic heterocycles. The predicted molar refractivity (Wildman–Crippen MR) is 109 cm³/mol. The topological polar surface area (TPSA) is 37.3 Å². The van der Waals surface area contributed by atoms with Crippen LogP contribution in [0.25, 0.3) is 11.3 Å². The number of carbonyl (C=O) groups is 1. The molecule has 0 radical (unpaired) electrons. The van der Waals surface area contributed by atoms with Gasteiger partial charge in [-0.3, -0.25) is 4.79 Å². The fraction of sp³-hybridized carbons (Fsp3) is 0. The highest BCUT2D eigenvalue weighted by molar-refractivity contribution is 6.16. The van der Waals surface area contributed by atoms with Crippen LogP contribution in [-0.4, -0.2) is 10.9 Å². The van der Waals surface area contributed by atoms with E-state index in [1.54, 1.807) is 12.1 Å². The smallest absolute Gasteiger partial charge is 0.193 e. The number of hydrogen-bond acceptors (Lipinski definition) is 2. The van der Waals surface area contributed by atoms with Gasteiger partial charge in [0.2, 0.25) is 0 Å². The molecule has 2 nitrogen and oxygen atoms in total. The number of carbonyl (C=O) groups excluding carboxylic acids is 1. The van der Waals surface area contributed by atoms with Crippen LogP contribution in [0.4, 0.5) is 0 Å². The number of allylic oxidation sites excluding steroid dienone is 5. The van der Waals surface area contributed by atoms with Gasteiger partial charge in [-0.15, -0.1) is 0 Å². The summed E-state index contributed by atoms with van der Waals surface area (Å²) in [6, 6.07) is 28.3. The molecule has 0 atom stereocenters. The van der Waals surface area contributed by atoms with Crippen molar-refractivity contribution in [1.82, 2.24) is 0 Å². The second kappa shape index (κ2) is 7.30. The van der Waals surface area contributed by atoms with Crippen molar-refractivity contribution in [2.45, 2.75) is 0 Å². The minimum absolute atomic E-state index is 0.102. The summed E-state index contributed by atoms with van der Waals surface area (Å²) in [5, 5.41) is 10.9. The SMILES string of the molecule is O=C(C1=CC(c2ccccc2)=C/C1=C(\O)c1ccccc1)c1ccccc1. The quantitative estimate of drug-likeness (QED) is 0.472. The lowest BCUT2D eigenvalue weighted by Gasteiger charge is -2.08. The summed E-state index contributed by atoms with van der Waals surface area (Å²) in [5.41, 5.74) is 4.25. The van der Waals surface area contributed by atoms with Crippen molar-refractivity contribution >= 4 is 17.1 Å². The van der Waals surface area contributed by atoms with E-state index in [0.29, 0.717) is 22.3 Å². The molecule has 0 bridgehead atoms. The maximum absolute atomic E-state index is 13.1. The van der Waals surface area contributed by atoms with Crippen molar-refractivity contribution in [2.75, 3.05) is 0 Å². The monoisotopic (exact) mass is 350 g/mol. The first-order chi connectivity index (χ1) is 13.2. The predicted octanol–water partition coefficient (Wildman–Crippen LogP) is 5.86. The standard InChI is InChI=1S/C25H18O2/c26-24(19-12-6-2-7-13-19)22-16-21(18-10-4-1-5-11-18)17-23(22)25(27)20-14-8-3-9-15-20/h1-17,26H/b24-22+. The number of aliphatic hydroxyl groups excluding tert-OH is 1. The van der Waals surface area contributed by atoms with Gasteiger partial charge in [0, 0.05) is 22.3 Å². The van der Waals surface area contributed by atoms with Crippen molar-refractivity contribution in [1.29, 1.82) is 0 Å². The van der Waals surface area contributed by atoms with Crippen LogP contribution in [0, 0.1) is 0 Å². The Labute approximate surface area is 158 Å². The molecule has 1 aliphatic rings. The summed E-state index contributed by atoms with van der Waals surface area (Å²) in [7, 11) is 0. The molecule has 1 aliphatic carbocycles. The summed E-state index contributed by atoms with van der Waals surface area (Å²) >= 11 is 0. The number of Topliss-reactive ketones (excluding diaryl/α,β-unsaturated/α-hetero) is 1. The third kappa shape index (κ3) is 3.38. The molecule has 0 fully saturated rings. The summed E-state index contributed by atoms with van der Waals surface area (Å²) in [5.74, 6) is 0.00678. The van der Waals surface area contributed by atoms with Gasteiger partial charge in [0.1, 0.15) is 5.76 Å². The Kier molecular flexibility index (Phi) is 4.54. The van der Waals surface area contributed by atoms with Crippen LogP contribution in [0.3, 0.4) is 0 Å². The zero-order chi connectivity index (χ0) is 18.6. The Morgan fingerprint density at radius 2 is 1.15 bits per heavy atom. The Morgan fingerprint density at radius 3 is 1.74 bits per heavy atom. The highest BCUT2D eigenvalue weighted by Gasteiger charge is 2.24. The molecule has 4 rings (SSSR count). The maximum Gasteiger partial charge on any atom is 0.193 e. The third-order valence-electron chi connectivity index (χ3n) is 4.58.